The molecule has 0 bridgehead atoms. The van der Waals surface area contributed by atoms with Crippen LogP contribution in [0.2, 0.25) is 0 Å². The fourth-order valence-electron chi connectivity index (χ4n) is 2.29. The van der Waals surface area contributed by atoms with Gasteiger partial charge in [-0.05, 0) is 35.2 Å². The second kappa shape index (κ2) is 5.65. The van der Waals surface area contributed by atoms with Gasteiger partial charge in [0.2, 0.25) is 5.91 Å². The largest absolute Gasteiger partial charge is 0.388 e. The molecule has 1 aliphatic carbocycles. The smallest absolute Gasteiger partial charge is 0.224 e. The van der Waals surface area contributed by atoms with Crippen LogP contribution in [0.5, 0.6) is 0 Å². The molecule has 0 aromatic carbocycles. The molecule has 94 valence electrons. The standard InChI is InChI=1S/C13H19NO2S/c15-12(8-11-4-7-17-9-11)14-10-13(16)5-2-1-3-6-13/h4,7,9,16H,1-3,5-6,8,10H2,(H,14,15). The lowest BCUT2D eigenvalue weighted by Gasteiger charge is -2.32. The normalized spacial score (nSPS) is 18.9. The molecule has 1 aliphatic rings. The van der Waals surface area contributed by atoms with E-state index in [1.807, 2.05) is 16.8 Å². The highest BCUT2D eigenvalue weighted by molar-refractivity contribution is 7.07. The van der Waals surface area contributed by atoms with Crippen molar-refractivity contribution in [3.05, 3.63) is 22.4 Å². The minimum absolute atomic E-state index is 0.00222. The van der Waals surface area contributed by atoms with E-state index in [2.05, 4.69) is 5.32 Å². The molecular formula is C13H19NO2S. The number of rotatable bonds is 4. The number of nitrogens with one attached hydrogen (secondary N) is 1. The Morgan fingerprint density at radius 3 is 2.82 bits per heavy atom. The van der Waals surface area contributed by atoms with Crippen molar-refractivity contribution in [2.75, 3.05) is 6.54 Å². The molecule has 1 saturated carbocycles. The molecule has 1 heterocycles. The molecule has 0 spiro atoms. The first-order valence-corrected chi connectivity index (χ1v) is 7.12. The van der Waals surface area contributed by atoms with E-state index >= 15 is 0 Å². The summed E-state index contributed by atoms with van der Waals surface area (Å²) in [5.74, 6) is 0.00222. The highest BCUT2D eigenvalue weighted by Crippen LogP contribution is 2.27. The molecule has 0 atom stereocenters. The van der Waals surface area contributed by atoms with Gasteiger partial charge in [0.25, 0.3) is 0 Å². The maximum Gasteiger partial charge on any atom is 0.224 e. The third-order valence-corrected chi connectivity index (χ3v) is 4.08. The molecular weight excluding hydrogens is 234 g/mol. The van der Waals surface area contributed by atoms with Gasteiger partial charge in [-0.25, -0.2) is 0 Å². The lowest BCUT2D eigenvalue weighted by Crippen LogP contribution is -2.44. The van der Waals surface area contributed by atoms with Gasteiger partial charge >= 0.3 is 0 Å². The molecule has 1 amide bonds. The van der Waals surface area contributed by atoms with Gasteiger partial charge in [-0.1, -0.05) is 19.3 Å². The van der Waals surface area contributed by atoms with E-state index in [-0.39, 0.29) is 5.91 Å². The van der Waals surface area contributed by atoms with Crippen LogP contribution in [0.25, 0.3) is 0 Å². The number of thiophene rings is 1. The number of aliphatic hydroxyl groups is 1. The van der Waals surface area contributed by atoms with E-state index in [1.165, 1.54) is 6.42 Å². The molecule has 0 saturated heterocycles. The number of carbonyl (C=O) groups excluding carboxylic acids is 1. The van der Waals surface area contributed by atoms with Gasteiger partial charge < -0.3 is 10.4 Å². The van der Waals surface area contributed by atoms with Crippen molar-refractivity contribution in [3.8, 4) is 0 Å². The van der Waals surface area contributed by atoms with E-state index < -0.39 is 5.60 Å². The maximum atomic E-state index is 11.7. The maximum absolute atomic E-state index is 11.7. The summed E-state index contributed by atoms with van der Waals surface area (Å²) in [6.07, 6.45) is 5.37. The van der Waals surface area contributed by atoms with Crippen molar-refractivity contribution in [1.29, 1.82) is 0 Å². The predicted molar refractivity (Wildman–Crippen MR) is 69.1 cm³/mol. The Hall–Kier alpha value is -0.870. The first-order valence-electron chi connectivity index (χ1n) is 6.18. The Morgan fingerprint density at radius 1 is 1.41 bits per heavy atom. The van der Waals surface area contributed by atoms with Crippen molar-refractivity contribution in [1.82, 2.24) is 5.32 Å². The predicted octanol–water partition coefficient (Wildman–Crippen LogP) is 2.10. The second-order valence-electron chi connectivity index (χ2n) is 4.87. The quantitative estimate of drug-likeness (QED) is 0.863. The summed E-state index contributed by atoms with van der Waals surface area (Å²) in [6.45, 7) is 0.399. The van der Waals surface area contributed by atoms with Crippen LogP contribution in [0.1, 0.15) is 37.7 Å². The zero-order valence-corrected chi connectivity index (χ0v) is 10.8. The summed E-state index contributed by atoms with van der Waals surface area (Å²) < 4.78 is 0. The molecule has 1 aromatic rings. The van der Waals surface area contributed by atoms with Gasteiger partial charge in [0.05, 0.1) is 12.0 Å². The van der Waals surface area contributed by atoms with Crippen LogP contribution in [-0.4, -0.2) is 23.2 Å². The van der Waals surface area contributed by atoms with Crippen molar-refractivity contribution >= 4 is 17.2 Å². The van der Waals surface area contributed by atoms with E-state index in [0.717, 1.165) is 31.2 Å². The summed E-state index contributed by atoms with van der Waals surface area (Å²) in [7, 11) is 0. The molecule has 17 heavy (non-hydrogen) atoms. The zero-order valence-electron chi connectivity index (χ0n) is 9.95. The van der Waals surface area contributed by atoms with E-state index in [9.17, 15) is 9.90 Å². The topological polar surface area (TPSA) is 49.3 Å². The van der Waals surface area contributed by atoms with Crippen LogP contribution in [0.3, 0.4) is 0 Å². The van der Waals surface area contributed by atoms with Gasteiger partial charge in [-0.3, -0.25) is 4.79 Å². The lowest BCUT2D eigenvalue weighted by atomic mass is 9.85. The first-order chi connectivity index (χ1) is 8.18. The van der Waals surface area contributed by atoms with Crippen molar-refractivity contribution in [2.45, 2.75) is 44.1 Å². The van der Waals surface area contributed by atoms with Gasteiger partial charge in [-0.15, -0.1) is 0 Å². The highest BCUT2D eigenvalue weighted by Gasteiger charge is 2.29. The van der Waals surface area contributed by atoms with Gasteiger partial charge in [0.1, 0.15) is 0 Å². The average molecular weight is 253 g/mol. The Balaban J connectivity index is 1.75. The third kappa shape index (κ3) is 3.82. The van der Waals surface area contributed by atoms with Crippen LogP contribution in [0.15, 0.2) is 16.8 Å². The molecule has 1 aromatic heterocycles. The SMILES string of the molecule is O=C(Cc1ccsc1)NCC1(O)CCCCC1. The van der Waals surface area contributed by atoms with Crippen molar-refractivity contribution in [3.63, 3.8) is 0 Å². The third-order valence-electron chi connectivity index (χ3n) is 3.34. The number of hydrogen-bond donors (Lipinski definition) is 2. The number of hydrogen-bond acceptors (Lipinski definition) is 3. The summed E-state index contributed by atoms with van der Waals surface area (Å²) in [5, 5.41) is 17.0. The number of amides is 1. The van der Waals surface area contributed by atoms with Gasteiger partial charge in [0.15, 0.2) is 0 Å². The minimum Gasteiger partial charge on any atom is -0.388 e. The summed E-state index contributed by atoms with van der Waals surface area (Å²) >= 11 is 1.60. The summed E-state index contributed by atoms with van der Waals surface area (Å²) in [6, 6.07) is 1.96. The van der Waals surface area contributed by atoms with Crippen molar-refractivity contribution < 1.29 is 9.90 Å². The van der Waals surface area contributed by atoms with E-state index in [1.54, 1.807) is 11.3 Å². The molecule has 2 rings (SSSR count). The monoisotopic (exact) mass is 253 g/mol. The molecule has 3 nitrogen and oxygen atoms in total. The van der Waals surface area contributed by atoms with E-state index in [0.29, 0.717) is 13.0 Å². The van der Waals surface area contributed by atoms with Crippen LogP contribution >= 0.6 is 11.3 Å². The fourth-order valence-corrected chi connectivity index (χ4v) is 2.96. The van der Waals surface area contributed by atoms with Gasteiger partial charge in [0, 0.05) is 6.54 Å². The highest BCUT2D eigenvalue weighted by atomic mass is 32.1. The average Bonchev–Trinajstić information content (AvgIpc) is 2.80. The Morgan fingerprint density at radius 2 is 2.18 bits per heavy atom. The molecule has 4 heteroatoms. The van der Waals surface area contributed by atoms with Crippen LogP contribution in [0.4, 0.5) is 0 Å². The summed E-state index contributed by atoms with van der Waals surface area (Å²) in [4.78, 5) is 11.7. The molecule has 0 unspecified atom stereocenters. The lowest BCUT2D eigenvalue weighted by molar-refractivity contribution is -0.122. The molecule has 2 N–H and O–H groups in total. The van der Waals surface area contributed by atoms with Crippen molar-refractivity contribution in [2.24, 2.45) is 0 Å². The molecule has 0 aliphatic heterocycles. The Bertz CT molecular complexity index is 356. The fraction of sp³-hybridized carbons (Fsp3) is 0.615. The molecule has 0 radical (unpaired) electrons. The first kappa shape index (κ1) is 12.6. The Kier molecular flexibility index (Phi) is 4.18. The van der Waals surface area contributed by atoms with Crippen LogP contribution in [0, 0.1) is 0 Å². The van der Waals surface area contributed by atoms with Crippen LogP contribution in [-0.2, 0) is 11.2 Å². The van der Waals surface area contributed by atoms with Gasteiger partial charge in [-0.2, -0.15) is 11.3 Å². The molecule has 1 fully saturated rings. The van der Waals surface area contributed by atoms with E-state index in [4.69, 9.17) is 0 Å². The Labute approximate surface area is 106 Å². The number of carbonyl (C=O) groups is 1. The second-order valence-corrected chi connectivity index (χ2v) is 5.65. The van der Waals surface area contributed by atoms with Crippen LogP contribution < -0.4 is 5.32 Å². The summed E-state index contributed by atoms with van der Waals surface area (Å²) in [5.41, 5.74) is 0.380. The zero-order chi connectivity index (χ0) is 12.1. The minimum atomic E-state index is -0.664.